The molecule has 2 aromatic carbocycles. The second-order valence-electron chi connectivity index (χ2n) is 11.4. The van der Waals surface area contributed by atoms with Crippen LogP contribution in [0.5, 0.6) is 5.75 Å². The third-order valence-electron chi connectivity index (χ3n) is 8.48. The molecule has 4 atom stereocenters. The number of aliphatic hydroxyl groups excluding tert-OH is 2. The second kappa shape index (κ2) is 10.1. The van der Waals surface area contributed by atoms with Gasteiger partial charge in [-0.2, -0.15) is 0 Å². The van der Waals surface area contributed by atoms with Gasteiger partial charge in [0.05, 0.1) is 22.2 Å². The Morgan fingerprint density at radius 3 is 2.26 bits per heavy atom. The minimum absolute atomic E-state index is 0.0569. The first-order chi connectivity index (χ1) is 20.0. The Balaban J connectivity index is 1.72. The lowest BCUT2D eigenvalue weighted by atomic mass is 9.57. The molecule has 0 saturated heterocycles. The molecular weight excluding hydrogens is 580 g/mol. The lowest BCUT2D eigenvalue weighted by molar-refractivity contribution is -0.153. The minimum Gasteiger partial charge on any atom is -0.508 e. The van der Waals surface area contributed by atoms with E-state index in [0.29, 0.717) is 11.3 Å². The number of aromatic hydroxyl groups is 1. The monoisotopic (exact) mass is 612 g/mol. The number of amides is 1. The van der Waals surface area contributed by atoms with Crippen LogP contribution in [0.4, 0.5) is 11.4 Å². The van der Waals surface area contributed by atoms with Crippen molar-refractivity contribution in [3.63, 3.8) is 0 Å². The topological polar surface area (TPSA) is 211 Å². The molecule has 3 aliphatic rings. The van der Waals surface area contributed by atoms with Crippen LogP contribution < -0.4 is 15.4 Å². The number of aliphatic hydroxyl groups is 3. The normalized spacial score (nSPS) is 25.3. The van der Waals surface area contributed by atoms with Crippen molar-refractivity contribution in [1.82, 2.24) is 4.90 Å². The van der Waals surface area contributed by atoms with Crippen LogP contribution in [0.2, 0.25) is 0 Å². The standard InChI is InChI=1S/C29H32N4O9S/c1-32(2)18-12-17(31-43(41,42)14-8-6-5-7-9-14)23(34)20-15(18)10-13-11-16-22(33(3)4)25(36)21(28(30)39)27(38)29(16,40)26(37)19(13)24(20)35/h5-9,12-13,16,22,31,34-35,38,40H,10-11H2,1-4H3,(H2,30,39)/t13-,16-,22-,29-/m0/s1. The SMILES string of the molecule is CN(C)c1cc(NS(=O)(=O)c2ccccc2)c(O)c2c1C[C@H]1C[C@H]3[C@H](N(C)C)C(=O)C(C(N)=O)=C(O)[C@@]3(O)C(=O)C1=C2O. The van der Waals surface area contributed by atoms with Crippen molar-refractivity contribution >= 4 is 44.6 Å². The van der Waals surface area contributed by atoms with Crippen LogP contribution >= 0.6 is 0 Å². The maximum Gasteiger partial charge on any atom is 0.262 e. The van der Waals surface area contributed by atoms with Crippen LogP contribution in [0.1, 0.15) is 17.5 Å². The zero-order valence-corrected chi connectivity index (χ0v) is 24.6. The van der Waals surface area contributed by atoms with Crippen LogP contribution in [0, 0.1) is 11.8 Å². The fourth-order valence-electron chi connectivity index (χ4n) is 6.57. The molecule has 0 spiro atoms. The van der Waals surface area contributed by atoms with Gasteiger partial charge in [-0.25, -0.2) is 8.42 Å². The molecule has 0 unspecified atom stereocenters. The van der Waals surface area contributed by atoms with Crippen molar-refractivity contribution in [1.29, 1.82) is 0 Å². The number of rotatable bonds is 6. The molecule has 0 aliphatic heterocycles. The first-order valence-electron chi connectivity index (χ1n) is 13.3. The summed E-state index contributed by atoms with van der Waals surface area (Å²) in [6, 6.07) is 7.64. The number of anilines is 2. The highest BCUT2D eigenvalue weighted by Gasteiger charge is 2.64. The molecule has 1 saturated carbocycles. The quantitative estimate of drug-likeness (QED) is 0.199. The third-order valence-corrected chi connectivity index (χ3v) is 9.86. The van der Waals surface area contributed by atoms with Crippen LogP contribution in [0.15, 0.2) is 58.2 Å². The molecular formula is C29H32N4O9S. The first-order valence-corrected chi connectivity index (χ1v) is 14.8. The van der Waals surface area contributed by atoms with E-state index in [-0.39, 0.29) is 34.6 Å². The highest BCUT2D eigenvalue weighted by Crippen LogP contribution is 2.54. The zero-order valence-electron chi connectivity index (χ0n) is 23.8. The van der Waals surface area contributed by atoms with Crippen molar-refractivity contribution < 1.29 is 43.2 Å². The van der Waals surface area contributed by atoms with Gasteiger partial charge in [-0.15, -0.1) is 0 Å². The fraction of sp³-hybridized carbons (Fsp3) is 0.345. The Kier molecular flexibility index (Phi) is 7.07. The van der Waals surface area contributed by atoms with Crippen LogP contribution in [0.25, 0.3) is 5.76 Å². The minimum atomic E-state index is -4.18. The van der Waals surface area contributed by atoms with Crippen molar-refractivity contribution in [3.8, 4) is 5.75 Å². The average Bonchev–Trinajstić information content (AvgIpc) is 2.92. The van der Waals surface area contributed by atoms with Crippen LogP contribution in [-0.4, -0.2) is 91.1 Å². The number of phenols is 1. The molecule has 0 aromatic heterocycles. The fourth-order valence-corrected chi connectivity index (χ4v) is 7.65. The van der Waals surface area contributed by atoms with Gasteiger partial charge in [-0.3, -0.25) is 24.0 Å². The molecule has 2 aromatic rings. The maximum absolute atomic E-state index is 14.1. The number of likely N-dealkylation sites (N-methyl/N-ethyl adjacent to an activating group) is 1. The van der Waals surface area contributed by atoms with Gasteiger partial charge < -0.3 is 31.1 Å². The molecule has 13 nitrogen and oxygen atoms in total. The Labute approximate surface area is 247 Å². The summed E-state index contributed by atoms with van der Waals surface area (Å²) >= 11 is 0. The van der Waals surface area contributed by atoms with Crippen molar-refractivity contribution in [3.05, 3.63) is 64.4 Å². The van der Waals surface area contributed by atoms with Gasteiger partial charge in [0.25, 0.3) is 15.9 Å². The van der Waals surface area contributed by atoms with E-state index in [1.807, 2.05) is 0 Å². The average molecular weight is 613 g/mol. The molecule has 5 rings (SSSR count). The number of carbonyl (C=O) groups excluding carboxylic acids is 3. The molecule has 228 valence electrons. The van der Waals surface area contributed by atoms with E-state index in [4.69, 9.17) is 5.73 Å². The van der Waals surface area contributed by atoms with Gasteiger partial charge >= 0.3 is 0 Å². The summed E-state index contributed by atoms with van der Waals surface area (Å²) in [5.41, 5.74) is 1.66. The maximum atomic E-state index is 14.1. The van der Waals surface area contributed by atoms with Gasteiger partial charge in [0.15, 0.2) is 17.1 Å². The first kappa shape index (κ1) is 30.1. The number of primary amides is 1. The van der Waals surface area contributed by atoms with Crippen LogP contribution in [0.3, 0.4) is 0 Å². The van der Waals surface area contributed by atoms with E-state index in [9.17, 15) is 43.2 Å². The molecule has 1 amide bonds. The van der Waals surface area contributed by atoms with Gasteiger partial charge in [0, 0.05) is 31.3 Å². The van der Waals surface area contributed by atoms with Crippen molar-refractivity contribution in [2.75, 3.05) is 37.8 Å². The number of carbonyl (C=O) groups is 3. The highest BCUT2D eigenvalue weighted by atomic mass is 32.2. The molecule has 0 bridgehead atoms. The smallest absolute Gasteiger partial charge is 0.262 e. The predicted octanol–water partition coefficient (Wildman–Crippen LogP) is 0.831. The third kappa shape index (κ3) is 4.36. The molecule has 43 heavy (non-hydrogen) atoms. The highest BCUT2D eigenvalue weighted by molar-refractivity contribution is 7.92. The summed E-state index contributed by atoms with van der Waals surface area (Å²) in [6.45, 7) is 0. The number of nitrogens with one attached hydrogen (secondary N) is 1. The summed E-state index contributed by atoms with van der Waals surface area (Å²) in [7, 11) is 2.23. The Morgan fingerprint density at radius 2 is 1.70 bits per heavy atom. The second-order valence-corrected chi connectivity index (χ2v) is 13.1. The number of phenolic OH excluding ortho intramolecular Hbond substituents is 1. The number of nitrogens with two attached hydrogens (primary N) is 1. The lowest BCUT2D eigenvalue weighted by Crippen LogP contribution is -2.65. The molecule has 1 fully saturated rings. The van der Waals surface area contributed by atoms with E-state index in [0.717, 1.165) is 0 Å². The van der Waals surface area contributed by atoms with E-state index in [1.165, 1.54) is 49.3 Å². The number of fused-ring (bicyclic) bond motifs is 3. The summed E-state index contributed by atoms with van der Waals surface area (Å²) in [5.74, 6) is -7.88. The lowest BCUT2D eigenvalue weighted by Gasteiger charge is -2.50. The van der Waals surface area contributed by atoms with Gasteiger partial charge in [0.1, 0.15) is 17.1 Å². The van der Waals surface area contributed by atoms with Crippen molar-refractivity contribution in [2.24, 2.45) is 17.6 Å². The van der Waals surface area contributed by atoms with E-state index in [2.05, 4.69) is 4.72 Å². The molecule has 14 heteroatoms. The van der Waals surface area contributed by atoms with E-state index < -0.39 is 73.8 Å². The number of sulfonamides is 1. The number of benzene rings is 2. The Hall–Kier alpha value is -4.40. The number of ketones is 2. The Bertz CT molecular complexity index is 1750. The van der Waals surface area contributed by atoms with Crippen LogP contribution in [-0.2, 0) is 30.8 Å². The number of nitrogens with zero attached hydrogens (tertiary/aromatic N) is 2. The summed E-state index contributed by atoms with van der Waals surface area (Å²) < 4.78 is 28.5. The number of hydrogen-bond donors (Lipinski definition) is 6. The number of hydrogen-bond acceptors (Lipinski definition) is 11. The van der Waals surface area contributed by atoms with E-state index in [1.54, 1.807) is 25.1 Å². The largest absolute Gasteiger partial charge is 0.508 e. The molecule has 0 heterocycles. The summed E-state index contributed by atoms with van der Waals surface area (Å²) in [5, 5.41) is 45.7. The van der Waals surface area contributed by atoms with Gasteiger partial charge in [0.2, 0.25) is 5.78 Å². The number of Topliss-reactive ketones (excluding diaryl/α,β-unsaturated/α-hetero) is 2. The zero-order chi connectivity index (χ0) is 31.8. The van der Waals surface area contributed by atoms with Gasteiger partial charge in [-0.1, -0.05) is 18.2 Å². The molecule has 7 N–H and O–H groups in total. The Morgan fingerprint density at radius 1 is 1.07 bits per heavy atom. The summed E-state index contributed by atoms with van der Waals surface area (Å²) in [4.78, 5) is 42.5. The predicted molar refractivity (Wildman–Crippen MR) is 156 cm³/mol. The summed E-state index contributed by atoms with van der Waals surface area (Å²) in [6.07, 6.45) is -0.0108. The molecule has 0 radical (unpaired) electrons. The van der Waals surface area contributed by atoms with Crippen molar-refractivity contribution in [2.45, 2.75) is 29.4 Å². The van der Waals surface area contributed by atoms with E-state index >= 15 is 0 Å². The molecule has 3 aliphatic carbocycles. The van der Waals surface area contributed by atoms with Gasteiger partial charge in [-0.05, 0) is 56.6 Å².